The van der Waals surface area contributed by atoms with Gasteiger partial charge in [0.1, 0.15) is 10.3 Å². The van der Waals surface area contributed by atoms with Gasteiger partial charge in [-0.2, -0.15) is 4.72 Å². The molecule has 2 heterocycles. The lowest BCUT2D eigenvalue weighted by Gasteiger charge is -2.15. The Morgan fingerprint density at radius 1 is 1.18 bits per heavy atom. The van der Waals surface area contributed by atoms with E-state index in [-0.39, 0.29) is 22.1 Å². The predicted molar refractivity (Wildman–Crippen MR) is 126 cm³/mol. The number of aliphatic carboxylic acids is 1. The Kier molecular flexibility index (Phi) is 8.73. The van der Waals surface area contributed by atoms with Crippen molar-refractivity contribution in [3.8, 4) is 0 Å². The Bertz CT molecular complexity index is 1150. The fraction of sp³-hybridized carbons (Fsp3) is 0.333. The van der Waals surface area contributed by atoms with Gasteiger partial charge in [0, 0.05) is 31.6 Å². The van der Waals surface area contributed by atoms with Crippen LogP contribution in [0.2, 0.25) is 0 Å². The van der Waals surface area contributed by atoms with Crippen molar-refractivity contribution in [1.29, 1.82) is 0 Å². The van der Waals surface area contributed by atoms with Crippen molar-refractivity contribution in [3.05, 3.63) is 52.9 Å². The van der Waals surface area contributed by atoms with Crippen LogP contribution in [0.5, 0.6) is 0 Å². The fourth-order valence-corrected chi connectivity index (χ4v) is 5.23. The van der Waals surface area contributed by atoms with Gasteiger partial charge < -0.3 is 15.7 Å². The third-order valence-electron chi connectivity index (χ3n) is 4.83. The van der Waals surface area contributed by atoms with Crippen molar-refractivity contribution in [1.82, 2.24) is 20.7 Å². The molecular weight excluding hydrogens is 482 g/mol. The Morgan fingerprint density at radius 3 is 2.56 bits per heavy atom. The largest absolute Gasteiger partial charge is 0.480 e. The lowest BCUT2D eigenvalue weighted by molar-refractivity contribution is -0.138. The van der Waals surface area contributed by atoms with E-state index in [1.54, 1.807) is 29.6 Å². The van der Waals surface area contributed by atoms with Crippen molar-refractivity contribution >= 4 is 45.1 Å². The first-order valence-electron chi connectivity index (χ1n) is 10.5. The number of benzene rings is 1. The van der Waals surface area contributed by atoms with E-state index in [1.165, 1.54) is 12.1 Å². The number of guanidine groups is 1. The summed E-state index contributed by atoms with van der Waals surface area (Å²) in [6, 6.07) is 7.88. The first kappa shape index (κ1) is 25.3. The quantitative estimate of drug-likeness (QED) is 0.308. The zero-order valence-electron chi connectivity index (χ0n) is 18.1. The Labute approximate surface area is 200 Å². The second-order valence-corrected chi connectivity index (χ2v) is 10.3. The average Bonchev–Trinajstić information content (AvgIpc) is 3.37. The number of carbonyl (C=O) groups is 3. The molecule has 1 unspecified atom stereocenters. The summed E-state index contributed by atoms with van der Waals surface area (Å²) in [5.41, 5.74) is 1.12. The molecule has 0 saturated carbocycles. The molecule has 34 heavy (non-hydrogen) atoms. The molecule has 1 atom stereocenters. The number of sulfonamides is 1. The molecule has 0 saturated heterocycles. The van der Waals surface area contributed by atoms with Crippen LogP contribution >= 0.6 is 11.3 Å². The topological polar surface area (TPSA) is 166 Å². The monoisotopic (exact) mass is 507 g/mol. The molecule has 2 amide bonds. The van der Waals surface area contributed by atoms with Crippen LogP contribution in [0.15, 0.2) is 51.0 Å². The zero-order chi connectivity index (χ0) is 24.6. The molecule has 0 bridgehead atoms. The molecule has 0 fully saturated rings. The summed E-state index contributed by atoms with van der Waals surface area (Å²) in [5, 5.41) is 19.1. The van der Waals surface area contributed by atoms with Crippen LogP contribution in [0.3, 0.4) is 0 Å². The zero-order valence-corrected chi connectivity index (χ0v) is 19.7. The maximum absolute atomic E-state index is 12.4. The van der Waals surface area contributed by atoms with Gasteiger partial charge >= 0.3 is 5.97 Å². The first-order chi connectivity index (χ1) is 16.2. The number of nitrogens with one attached hydrogen (secondary N) is 4. The molecule has 13 heteroatoms. The maximum Gasteiger partial charge on any atom is 0.323 e. The second kappa shape index (κ2) is 11.7. The van der Waals surface area contributed by atoms with Crippen LogP contribution in [0, 0.1) is 0 Å². The number of aliphatic imine (C=N–C) groups is 1. The number of amides is 2. The number of rotatable bonds is 10. The van der Waals surface area contributed by atoms with Crippen molar-refractivity contribution in [2.24, 2.45) is 4.99 Å². The minimum Gasteiger partial charge on any atom is -0.480 e. The van der Waals surface area contributed by atoms with Crippen molar-refractivity contribution < 1.29 is 27.9 Å². The van der Waals surface area contributed by atoms with Crippen LogP contribution in [-0.4, -0.2) is 62.9 Å². The number of aryl methyl sites for hydroxylation is 1. The van der Waals surface area contributed by atoms with Gasteiger partial charge in [-0.25, -0.2) is 8.42 Å². The van der Waals surface area contributed by atoms with Gasteiger partial charge in [0.25, 0.3) is 15.9 Å². The Morgan fingerprint density at radius 2 is 1.94 bits per heavy atom. The number of carbonyl (C=O) groups excluding carboxylic acids is 2. The van der Waals surface area contributed by atoms with Crippen LogP contribution in [0.4, 0.5) is 0 Å². The van der Waals surface area contributed by atoms with E-state index < -0.39 is 34.5 Å². The molecule has 1 aromatic carbocycles. The van der Waals surface area contributed by atoms with E-state index in [9.17, 15) is 27.9 Å². The van der Waals surface area contributed by atoms with Gasteiger partial charge in [-0.3, -0.25) is 24.7 Å². The van der Waals surface area contributed by atoms with Crippen LogP contribution in [0.25, 0.3) is 0 Å². The normalized spacial score (nSPS) is 14.4. The highest BCUT2D eigenvalue weighted by atomic mass is 32.2. The summed E-state index contributed by atoms with van der Waals surface area (Å²) in [7, 11) is -4.01. The molecule has 1 aliphatic rings. The van der Waals surface area contributed by atoms with E-state index in [1.807, 2.05) is 0 Å². The average molecular weight is 508 g/mol. The lowest BCUT2D eigenvalue weighted by atomic mass is 10.1. The van der Waals surface area contributed by atoms with E-state index in [0.29, 0.717) is 18.9 Å². The minimum absolute atomic E-state index is 0.0164. The molecule has 0 aliphatic carbocycles. The summed E-state index contributed by atoms with van der Waals surface area (Å²) in [4.78, 5) is 40.1. The van der Waals surface area contributed by atoms with Gasteiger partial charge in [-0.15, -0.1) is 11.3 Å². The van der Waals surface area contributed by atoms with E-state index >= 15 is 0 Å². The Balaban J connectivity index is 1.49. The molecule has 182 valence electrons. The fourth-order valence-electron chi connectivity index (χ4n) is 3.03. The number of carboxylic acids is 1. The lowest BCUT2D eigenvalue weighted by Crippen LogP contribution is -2.48. The molecule has 1 aromatic heterocycles. The smallest absolute Gasteiger partial charge is 0.323 e. The first-order valence-corrected chi connectivity index (χ1v) is 12.8. The van der Waals surface area contributed by atoms with E-state index in [2.05, 4.69) is 25.7 Å². The minimum atomic E-state index is -4.01. The molecule has 11 nitrogen and oxygen atoms in total. The third kappa shape index (κ3) is 7.37. The van der Waals surface area contributed by atoms with Gasteiger partial charge in [-0.05, 0) is 42.0 Å². The van der Waals surface area contributed by atoms with E-state index in [0.717, 1.165) is 29.9 Å². The summed E-state index contributed by atoms with van der Waals surface area (Å²) < 4.78 is 26.6. The van der Waals surface area contributed by atoms with Gasteiger partial charge in [0.05, 0.1) is 0 Å². The molecule has 0 radical (unpaired) electrons. The summed E-state index contributed by atoms with van der Waals surface area (Å²) in [6.45, 7) is 1.02. The van der Waals surface area contributed by atoms with Crippen LogP contribution in [-0.2, 0) is 26.0 Å². The maximum atomic E-state index is 12.4. The highest BCUT2D eigenvalue weighted by molar-refractivity contribution is 7.91. The van der Waals surface area contributed by atoms with E-state index in [4.69, 9.17) is 0 Å². The Hall–Kier alpha value is -3.29. The summed E-state index contributed by atoms with van der Waals surface area (Å²) in [5.74, 6) is -1.64. The molecule has 3 rings (SSSR count). The van der Waals surface area contributed by atoms with Crippen molar-refractivity contribution in [2.75, 3.05) is 19.6 Å². The van der Waals surface area contributed by atoms with Gasteiger partial charge in [-0.1, -0.05) is 18.2 Å². The van der Waals surface area contributed by atoms with Crippen LogP contribution in [0.1, 0.15) is 28.8 Å². The SMILES string of the molecule is O=C(CCc1ccc(C(=O)NCC(NS(=O)(=O)c2cccs2)C(=O)O)cc1)NC1=NCCCN1. The number of carboxylic acid groups (broad SMARTS) is 1. The van der Waals surface area contributed by atoms with Gasteiger partial charge in [0.2, 0.25) is 5.91 Å². The molecule has 0 spiro atoms. The molecular formula is C21H25N5O6S2. The summed E-state index contributed by atoms with van der Waals surface area (Å²) >= 11 is 0.956. The number of hydrogen-bond donors (Lipinski definition) is 5. The highest BCUT2D eigenvalue weighted by Crippen LogP contribution is 2.15. The molecule has 2 aromatic rings. The number of hydrogen-bond acceptors (Lipinski definition) is 8. The highest BCUT2D eigenvalue weighted by Gasteiger charge is 2.26. The standard InChI is InChI=1S/C21H25N5O6S2/c27-17(25-21-22-10-2-11-23-21)9-6-14-4-7-15(8-5-14)19(28)24-13-16(20(29)30)26-34(31,32)18-3-1-12-33-18/h1,3-5,7-8,12,16,26H,2,6,9-11,13H2,(H,24,28)(H,29,30)(H2,22,23,25,27). The summed E-state index contributed by atoms with van der Waals surface area (Å²) in [6.07, 6.45) is 1.64. The van der Waals surface area contributed by atoms with Gasteiger partial charge in [0.15, 0.2) is 5.96 Å². The predicted octanol–water partition coefficient (Wildman–Crippen LogP) is 0.308. The number of thiophene rings is 1. The number of nitrogens with zero attached hydrogens (tertiary/aromatic N) is 1. The van der Waals surface area contributed by atoms with Crippen molar-refractivity contribution in [2.45, 2.75) is 29.5 Å². The second-order valence-electron chi connectivity index (χ2n) is 7.41. The van der Waals surface area contributed by atoms with Crippen molar-refractivity contribution in [3.63, 3.8) is 0 Å². The van der Waals surface area contributed by atoms with Crippen LogP contribution < -0.4 is 20.7 Å². The third-order valence-corrected chi connectivity index (χ3v) is 7.70. The molecule has 5 N–H and O–H groups in total. The molecule has 1 aliphatic heterocycles.